The number of imidazole rings is 1. The van der Waals surface area contributed by atoms with E-state index in [1.54, 1.807) is 43.9 Å². The monoisotopic (exact) mass is 473 g/mol. The first-order valence-corrected chi connectivity index (χ1v) is 11.6. The summed E-state index contributed by atoms with van der Waals surface area (Å²) >= 11 is 0. The third-order valence-corrected chi connectivity index (χ3v) is 6.49. The number of hydrogen-bond acceptors (Lipinski definition) is 6. The van der Waals surface area contributed by atoms with Crippen molar-refractivity contribution in [3.8, 4) is 11.5 Å². The second-order valence-electron chi connectivity index (χ2n) is 8.88. The molecule has 3 heterocycles. The molecule has 2 aliphatic rings. The topological polar surface area (TPSA) is 93.9 Å². The lowest BCUT2D eigenvalue weighted by Crippen LogP contribution is -2.31. The van der Waals surface area contributed by atoms with Gasteiger partial charge < -0.3 is 24.0 Å². The Morgan fingerprint density at radius 2 is 2.06 bits per heavy atom. The minimum Gasteiger partial charge on any atom is -0.507 e. The van der Waals surface area contributed by atoms with Crippen LogP contribution in [0.3, 0.4) is 0 Å². The Hall–Kier alpha value is -4.07. The van der Waals surface area contributed by atoms with Gasteiger partial charge in [-0.15, -0.1) is 0 Å². The number of aliphatic hydroxyl groups is 1. The fourth-order valence-corrected chi connectivity index (χ4v) is 4.84. The maximum atomic E-state index is 13.3. The van der Waals surface area contributed by atoms with Gasteiger partial charge in [0.2, 0.25) is 0 Å². The Balaban J connectivity index is 1.54. The van der Waals surface area contributed by atoms with Crippen molar-refractivity contribution in [1.29, 1.82) is 0 Å². The fraction of sp³-hybridized carbons (Fsp3) is 0.296. The molecular weight excluding hydrogens is 446 g/mol. The number of carbonyl (C=O) groups excluding carboxylic acids is 2. The summed E-state index contributed by atoms with van der Waals surface area (Å²) in [5.74, 6) is -0.115. The molecule has 180 valence electrons. The normalized spacial score (nSPS) is 20.7. The van der Waals surface area contributed by atoms with Crippen molar-refractivity contribution in [3.63, 3.8) is 0 Å². The third kappa shape index (κ3) is 4.27. The molecule has 0 unspecified atom stereocenters. The lowest BCUT2D eigenvalue weighted by molar-refractivity contribution is -0.139. The number of benzene rings is 2. The molecular formula is C27H27N3O5. The number of aromatic nitrogens is 2. The molecule has 2 aliphatic heterocycles. The van der Waals surface area contributed by atoms with Crippen LogP contribution in [-0.2, 0) is 22.6 Å². The minimum atomic E-state index is -0.726. The van der Waals surface area contributed by atoms with Crippen molar-refractivity contribution in [2.24, 2.45) is 0 Å². The Kier molecular flexibility index (Phi) is 6.03. The molecule has 8 heteroatoms. The molecule has 0 bridgehead atoms. The van der Waals surface area contributed by atoms with Crippen molar-refractivity contribution in [3.05, 3.63) is 83.4 Å². The van der Waals surface area contributed by atoms with E-state index in [-0.39, 0.29) is 17.4 Å². The van der Waals surface area contributed by atoms with Crippen LogP contribution in [0.15, 0.2) is 66.8 Å². The van der Waals surface area contributed by atoms with Gasteiger partial charge in [0.1, 0.15) is 23.4 Å². The number of rotatable bonds is 7. The molecule has 0 saturated carbocycles. The van der Waals surface area contributed by atoms with E-state index in [1.807, 2.05) is 35.9 Å². The van der Waals surface area contributed by atoms with Crippen molar-refractivity contribution < 1.29 is 24.2 Å². The molecule has 1 N–H and O–H groups in total. The lowest BCUT2D eigenvalue weighted by atomic mass is 9.94. The number of carbonyl (C=O) groups is 2. The number of fused-ring (bicyclic) bond motifs is 1. The maximum Gasteiger partial charge on any atom is 0.295 e. The van der Waals surface area contributed by atoms with Crippen LogP contribution in [0, 0.1) is 0 Å². The lowest BCUT2D eigenvalue weighted by Gasteiger charge is -2.25. The van der Waals surface area contributed by atoms with Gasteiger partial charge in [-0.2, -0.15) is 0 Å². The number of ketones is 1. The summed E-state index contributed by atoms with van der Waals surface area (Å²) in [5.41, 5.74) is 2.24. The van der Waals surface area contributed by atoms with Crippen molar-refractivity contribution >= 4 is 17.4 Å². The van der Waals surface area contributed by atoms with Crippen molar-refractivity contribution in [2.45, 2.75) is 38.5 Å². The summed E-state index contributed by atoms with van der Waals surface area (Å²) in [4.78, 5) is 32.0. The van der Waals surface area contributed by atoms with Gasteiger partial charge in [0.05, 0.1) is 25.1 Å². The van der Waals surface area contributed by atoms with E-state index in [0.29, 0.717) is 36.4 Å². The van der Waals surface area contributed by atoms with Crippen molar-refractivity contribution in [1.82, 2.24) is 14.5 Å². The van der Waals surface area contributed by atoms with Gasteiger partial charge in [0.15, 0.2) is 0 Å². The highest BCUT2D eigenvalue weighted by molar-refractivity contribution is 6.46. The zero-order valence-electron chi connectivity index (χ0n) is 19.7. The SMILES string of the molecule is COc1cccc([C@@H]2/C(=C(\O)c3ccc4c(c3)C[C@@H](C)O4)C(=O)C(=O)N2CCCn2ccnc2)c1. The highest BCUT2D eigenvalue weighted by Crippen LogP contribution is 2.41. The van der Waals surface area contributed by atoms with Gasteiger partial charge in [0, 0.05) is 37.5 Å². The number of hydrogen-bond donors (Lipinski definition) is 1. The quantitative estimate of drug-likeness (QED) is 0.319. The summed E-state index contributed by atoms with van der Waals surface area (Å²) in [5, 5.41) is 11.4. The zero-order chi connectivity index (χ0) is 24.5. The molecule has 1 fully saturated rings. The van der Waals surface area contributed by atoms with Crippen molar-refractivity contribution in [2.75, 3.05) is 13.7 Å². The van der Waals surface area contributed by atoms with E-state index < -0.39 is 17.7 Å². The molecule has 2 atom stereocenters. The number of aryl methyl sites for hydroxylation is 1. The Labute approximate surface area is 203 Å². The number of amides is 1. The summed E-state index contributed by atoms with van der Waals surface area (Å²) in [6, 6.07) is 11.9. The Bertz CT molecular complexity index is 1300. The molecule has 0 spiro atoms. The van der Waals surface area contributed by atoms with Crippen LogP contribution >= 0.6 is 0 Å². The van der Waals surface area contributed by atoms with Crippen LogP contribution in [0.2, 0.25) is 0 Å². The predicted molar refractivity (Wildman–Crippen MR) is 129 cm³/mol. The summed E-state index contributed by atoms with van der Waals surface area (Å²) in [6.45, 7) is 2.98. The van der Waals surface area contributed by atoms with E-state index >= 15 is 0 Å². The third-order valence-electron chi connectivity index (χ3n) is 6.49. The van der Waals surface area contributed by atoms with Crippen LogP contribution in [0.4, 0.5) is 0 Å². The number of methoxy groups -OCH3 is 1. The first-order valence-electron chi connectivity index (χ1n) is 11.6. The standard InChI is InChI=1S/C27H27N3O5/c1-17-13-20-14-19(7-8-22(20)35-17)25(31)23-24(18-5-3-6-21(15-18)34-2)30(27(33)26(23)32)11-4-10-29-12-9-28-16-29/h3,5-9,12,14-17,24,31H,4,10-11,13H2,1-2H3/b25-23+/t17-,24-/m1/s1. The number of ether oxygens (including phenoxy) is 2. The van der Waals surface area contributed by atoms with Gasteiger partial charge in [-0.05, 0) is 54.8 Å². The van der Waals surface area contributed by atoms with Crippen LogP contribution in [-0.4, -0.2) is 51.0 Å². The van der Waals surface area contributed by atoms with Gasteiger partial charge in [-0.1, -0.05) is 12.1 Å². The zero-order valence-corrected chi connectivity index (χ0v) is 19.7. The number of nitrogens with zero attached hydrogens (tertiary/aromatic N) is 3. The molecule has 1 amide bonds. The van der Waals surface area contributed by atoms with E-state index in [4.69, 9.17) is 9.47 Å². The van der Waals surface area contributed by atoms with E-state index in [0.717, 1.165) is 17.7 Å². The number of likely N-dealkylation sites (tertiary alicyclic amines) is 1. The number of Topliss-reactive ketones (excluding diaryl/α,β-unsaturated/α-hetero) is 1. The highest BCUT2D eigenvalue weighted by atomic mass is 16.5. The molecule has 8 nitrogen and oxygen atoms in total. The van der Waals surface area contributed by atoms with Crippen LogP contribution < -0.4 is 9.47 Å². The molecule has 1 aromatic heterocycles. The van der Waals surface area contributed by atoms with Gasteiger partial charge >= 0.3 is 0 Å². The summed E-state index contributed by atoms with van der Waals surface area (Å²) in [7, 11) is 1.56. The second-order valence-corrected chi connectivity index (χ2v) is 8.88. The molecule has 0 radical (unpaired) electrons. The Morgan fingerprint density at radius 3 is 2.83 bits per heavy atom. The van der Waals surface area contributed by atoms with Gasteiger partial charge in [0.25, 0.3) is 11.7 Å². The molecule has 0 aliphatic carbocycles. The van der Waals surface area contributed by atoms with E-state index in [2.05, 4.69) is 4.98 Å². The first kappa shape index (κ1) is 22.7. The fourth-order valence-electron chi connectivity index (χ4n) is 4.84. The van der Waals surface area contributed by atoms with E-state index in [9.17, 15) is 14.7 Å². The molecule has 1 saturated heterocycles. The Morgan fingerprint density at radius 1 is 1.20 bits per heavy atom. The largest absolute Gasteiger partial charge is 0.507 e. The van der Waals surface area contributed by atoms with Gasteiger partial charge in [-0.3, -0.25) is 9.59 Å². The molecule has 2 aromatic carbocycles. The van der Waals surface area contributed by atoms with Gasteiger partial charge in [-0.25, -0.2) is 4.98 Å². The average Bonchev–Trinajstić information content (AvgIpc) is 3.57. The average molecular weight is 474 g/mol. The summed E-state index contributed by atoms with van der Waals surface area (Å²) < 4.78 is 13.1. The second kappa shape index (κ2) is 9.29. The molecule has 5 rings (SSSR count). The minimum absolute atomic E-state index is 0.0558. The summed E-state index contributed by atoms with van der Waals surface area (Å²) in [6.07, 6.45) is 6.67. The van der Waals surface area contributed by atoms with E-state index in [1.165, 1.54) is 4.90 Å². The number of aliphatic hydroxyl groups excluding tert-OH is 1. The van der Waals surface area contributed by atoms with Crippen LogP contribution in [0.5, 0.6) is 11.5 Å². The smallest absolute Gasteiger partial charge is 0.295 e. The van der Waals surface area contributed by atoms with Crippen LogP contribution in [0.1, 0.15) is 36.1 Å². The molecule has 35 heavy (non-hydrogen) atoms. The van der Waals surface area contributed by atoms with Crippen LogP contribution in [0.25, 0.3) is 5.76 Å². The predicted octanol–water partition coefficient (Wildman–Crippen LogP) is 3.73. The first-order chi connectivity index (χ1) is 17.0. The molecule has 3 aromatic rings. The maximum absolute atomic E-state index is 13.3. The highest BCUT2D eigenvalue weighted by Gasteiger charge is 2.46.